The number of aliphatic hydroxyl groups excluding tert-OH is 1. The summed E-state index contributed by atoms with van der Waals surface area (Å²) in [7, 11) is 0. The predicted molar refractivity (Wildman–Crippen MR) is 87.0 cm³/mol. The number of halogens is 1. The molecule has 3 rings (SSSR count). The van der Waals surface area contributed by atoms with Crippen LogP contribution >= 0.6 is 12.2 Å². The number of pyridine rings is 1. The van der Waals surface area contributed by atoms with Gasteiger partial charge in [-0.3, -0.25) is 4.98 Å². The van der Waals surface area contributed by atoms with E-state index < -0.39 is 0 Å². The largest absolute Gasteiger partial charge is 0.394 e. The molecule has 1 aromatic heterocycles. The lowest BCUT2D eigenvalue weighted by Gasteiger charge is -2.37. The fraction of sp³-hybridized carbons (Fsp3) is 0.250. The van der Waals surface area contributed by atoms with Gasteiger partial charge in [-0.05, 0) is 54.0 Å². The SMILES string of the molecule is OC[C@H]1Cc2cc(F)ccc2CN1C(=S)Nc1cccnc1. The average molecular weight is 317 g/mol. The van der Waals surface area contributed by atoms with Crippen molar-refractivity contribution in [3.05, 3.63) is 59.7 Å². The van der Waals surface area contributed by atoms with E-state index in [-0.39, 0.29) is 18.5 Å². The number of hydrogen-bond acceptors (Lipinski definition) is 3. The van der Waals surface area contributed by atoms with Crippen molar-refractivity contribution in [3.63, 3.8) is 0 Å². The lowest BCUT2D eigenvalue weighted by Crippen LogP contribution is -2.48. The van der Waals surface area contributed by atoms with Crippen molar-refractivity contribution in [1.82, 2.24) is 9.88 Å². The Morgan fingerprint density at radius 2 is 2.27 bits per heavy atom. The quantitative estimate of drug-likeness (QED) is 0.833. The number of aromatic nitrogens is 1. The van der Waals surface area contributed by atoms with Gasteiger partial charge in [0.25, 0.3) is 0 Å². The van der Waals surface area contributed by atoms with E-state index in [1.54, 1.807) is 18.5 Å². The van der Waals surface area contributed by atoms with Gasteiger partial charge in [-0.1, -0.05) is 6.07 Å². The maximum absolute atomic E-state index is 13.3. The number of fused-ring (bicyclic) bond motifs is 1. The van der Waals surface area contributed by atoms with Crippen molar-refractivity contribution in [3.8, 4) is 0 Å². The summed E-state index contributed by atoms with van der Waals surface area (Å²) in [6.07, 6.45) is 3.95. The summed E-state index contributed by atoms with van der Waals surface area (Å²) in [5, 5.41) is 13.3. The number of benzene rings is 1. The van der Waals surface area contributed by atoms with Crippen LogP contribution in [0.3, 0.4) is 0 Å². The molecule has 0 spiro atoms. The van der Waals surface area contributed by atoms with Crippen LogP contribution in [-0.4, -0.2) is 32.8 Å². The van der Waals surface area contributed by atoms with Gasteiger partial charge in [-0.2, -0.15) is 0 Å². The van der Waals surface area contributed by atoms with Gasteiger partial charge < -0.3 is 15.3 Å². The fourth-order valence-electron chi connectivity index (χ4n) is 2.65. The average Bonchev–Trinajstić information content (AvgIpc) is 2.54. The first-order valence-electron chi connectivity index (χ1n) is 7.03. The van der Waals surface area contributed by atoms with Gasteiger partial charge in [0.15, 0.2) is 5.11 Å². The van der Waals surface area contributed by atoms with Gasteiger partial charge in [0.1, 0.15) is 5.82 Å². The van der Waals surface area contributed by atoms with Crippen LogP contribution in [0.25, 0.3) is 0 Å². The zero-order valence-corrected chi connectivity index (χ0v) is 12.7. The zero-order chi connectivity index (χ0) is 15.5. The number of thiocarbonyl (C=S) groups is 1. The highest BCUT2D eigenvalue weighted by Gasteiger charge is 2.27. The summed E-state index contributed by atoms with van der Waals surface area (Å²) in [5.74, 6) is -0.250. The molecule has 2 heterocycles. The second kappa shape index (κ2) is 6.37. The fourth-order valence-corrected chi connectivity index (χ4v) is 2.98. The third-order valence-corrected chi connectivity index (χ3v) is 4.13. The minimum absolute atomic E-state index is 0.0369. The van der Waals surface area contributed by atoms with Gasteiger partial charge in [0.05, 0.1) is 24.5 Å². The molecule has 0 aliphatic carbocycles. The molecule has 2 aromatic rings. The van der Waals surface area contributed by atoms with E-state index in [9.17, 15) is 9.50 Å². The number of hydrogen-bond donors (Lipinski definition) is 2. The van der Waals surface area contributed by atoms with Crippen molar-refractivity contribution in [1.29, 1.82) is 0 Å². The minimum atomic E-state index is -0.250. The van der Waals surface area contributed by atoms with Gasteiger partial charge >= 0.3 is 0 Å². The number of aliphatic hydroxyl groups is 1. The van der Waals surface area contributed by atoms with Crippen molar-refractivity contribution >= 4 is 23.0 Å². The molecule has 0 amide bonds. The van der Waals surface area contributed by atoms with Crippen LogP contribution < -0.4 is 5.32 Å². The van der Waals surface area contributed by atoms with Crippen LogP contribution in [0.15, 0.2) is 42.7 Å². The summed E-state index contributed by atoms with van der Waals surface area (Å²) in [6, 6.07) is 8.30. The van der Waals surface area contributed by atoms with E-state index in [1.165, 1.54) is 12.1 Å². The van der Waals surface area contributed by atoms with Crippen molar-refractivity contribution in [2.45, 2.75) is 19.0 Å². The van der Waals surface area contributed by atoms with E-state index in [4.69, 9.17) is 12.2 Å². The van der Waals surface area contributed by atoms with Crippen LogP contribution in [0.1, 0.15) is 11.1 Å². The molecular formula is C16H16FN3OS. The van der Waals surface area contributed by atoms with E-state index in [0.717, 1.165) is 16.8 Å². The lowest BCUT2D eigenvalue weighted by atomic mass is 9.94. The van der Waals surface area contributed by atoms with Gasteiger partial charge in [-0.15, -0.1) is 0 Å². The summed E-state index contributed by atoms with van der Waals surface area (Å²) in [6.45, 7) is 0.512. The Labute approximate surface area is 133 Å². The maximum Gasteiger partial charge on any atom is 0.174 e. The van der Waals surface area contributed by atoms with Gasteiger partial charge in [0.2, 0.25) is 0 Å². The molecule has 2 N–H and O–H groups in total. The van der Waals surface area contributed by atoms with Crippen LogP contribution in [0, 0.1) is 5.82 Å². The predicted octanol–water partition coefficient (Wildman–Crippen LogP) is 2.34. The Morgan fingerprint density at radius 3 is 3.00 bits per heavy atom. The Bertz CT molecular complexity index is 680. The Balaban J connectivity index is 1.80. The standard InChI is InChI=1S/C16H16FN3OS/c17-13-4-3-11-9-20(15(10-21)7-12(11)6-13)16(22)19-14-2-1-5-18-8-14/h1-6,8,15,21H,7,9-10H2,(H,19,22)/t15-/m1/s1. The van der Waals surface area contributed by atoms with Crippen LogP contribution in [0.4, 0.5) is 10.1 Å². The Hall–Kier alpha value is -2.05. The third kappa shape index (κ3) is 3.08. The summed E-state index contributed by atoms with van der Waals surface area (Å²) < 4.78 is 13.3. The molecular weight excluding hydrogens is 301 g/mol. The van der Waals surface area contributed by atoms with Crippen LogP contribution in [0.2, 0.25) is 0 Å². The molecule has 4 nitrogen and oxygen atoms in total. The molecule has 1 atom stereocenters. The van der Waals surface area contributed by atoms with E-state index >= 15 is 0 Å². The Kier molecular flexibility index (Phi) is 4.31. The molecule has 1 aromatic carbocycles. The van der Waals surface area contributed by atoms with Gasteiger partial charge in [-0.25, -0.2) is 4.39 Å². The first-order valence-corrected chi connectivity index (χ1v) is 7.44. The number of rotatable bonds is 2. The van der Waals surface area contributed by atoms with E-state index in [2.05, 4.69) is 10.3 Å². The molecule has 0 saturated carbocycles. The Morgan fingerprint density at radius 1 is 1.41 bits per heavy atom. The molecule has 1 aliphatic heterocycles. The molecule has 0 unspecified atom stereocenters. The molecule has 0 bridgehead atoms. The highest BCUT2D eigenvalue weighted by Crippen LogP contribution is 2.25. The van der Waals surface area contributed by atoms with E-state index in [1.807, 2.05) is 17.0 Å². The molecule has 6 heteroatoms. The molecule has 0 radical (unpaired) electrons. The van der Waals surface area contributed by atoms with Crippen LogP contribution in [0.5, 0.6) is 0 Å². The number of nitrogens with zero attached hydrogens (tertiary/aromatic N) is 2. The minimum Gasteiger partial charge on any atom is -0.394 e. The second-order valence-electron chi connectivity index (χ2n) is 5.25. The van der Waals surface area contributed by atoms with Crippen molar-refractivity contribution in [2.24, 2.45) is 0 Å². The highest BCUT2D eigenvalue weighted by molar-refractivity contribution is 7.80. The molecule has 0 fully saturated rings. The summed E-state index contributed by atoms with van der Waals surface area (Å²) >= 11 is 5.46. The highest BCUT2D eigenvalue weighted by atomic mass is 32.1. The molecule has 114 valence electrons. The molecule has 1 aliphatic rings. The third-order valence-electron chi connectivity index (χ3n) is 3.79. The lowest BCUT2D eigenvalue weighted by molar-refractivity contribution is 0.167. The summed E-state index contributed by atoms with van der Waals surface area (Å²) in [5.41, 5.74) is 2.76. The van der Waals surface area contributed by atoms with E-state index in [0.29, 0.717) is 18.1 Å². The smallest absolute Gasteiger partial charge is 0.174 e. The topological polar surface area (TPSA) is 48.4 Å². The first kappa shape index (κ1) is 14.9. The zero-order valence-electron chi connectivity index (χ0n) is 11.9. The first-order chi connectivity index (χ1) is 10.7. The van der Waals surface area contributed by atoms with Gasteiger partial charge in [0, 0.05) is 12.7 Å². The van der Waals surface area contributed by atoms with Crippen LogP contribution in [-0.2, 0) is 13.0 Å². The summed E-state index contributed by atoms with van der Waals surface area (Å²) in [4.78, 5) is 5.97. The molecule has 0 saturated heterocycles. The number of nitrogens with one attached hydrogen (secondary N) is 1. The second-order valence-corrected chi connectivity index (χ2v) is 5.64. The van der Waals surface area contributed by atoms with Crippen molar-refractivity contribution in [2.75, 3.05) is 11.9 Å². The monoisotopic (exact) mass is 317 g/mol. The van der Waals surface area contributed by atoms with Crippen molar-refractivity contribution < 1.29 is 9.50 Å². The maximum atomic E-state index is 13.3. The normalized spacial score (nSPS) is 17.0. The number of anilines is 1. The molecule has 22 heavy (non-hydrogen) atoms.